The van der Waals surface area contributed by atoms with Gasteiger partial charge in [-0.1, -0.05) is 6.07 Å². The summed E-state index contributed by atoms with van der Waals surface area (Å²) in [5.41, 5.74) is 7.77. The fourth-order valence-electron chi connectivity index (χ4n) is 2.98. The van der Waals surface area contributed by atoms with Crippen molar-refractivity contribution in [3.8, 4) is 11.4 Å². The zero-order chi connectivity index (χ0) is 17.4. The molecule has 1 amide bonds. The van der Waals surface area contributed by atoms with E-state index in [1.807, 2.05) is 18.2 Å². The predicted molar refractivity (Wildman–Crippen MR) is 94.4 cm³/mol. The van der Waals surface area contributed by atoms with E-state index in [-0.39, 0.29) is 5.69 Å². The van der Waals surface area contributed by atoms with Gasteiger partial charge in [0.25, 0.3) is 5.91 Å². The maximum absolute atomic E-state index is 11.4. The van der Waals surface area contributed by atoms with Gasteiger partial charge in [-0.15, -0.1) is 0 Å². The molecule has 0 radical (unpaired) electrons. The van der Waals surface area contributed by atoms with Crippen molar-refractivity contribution in [2.45, 2.75) is 0 Å². The number of primary amides is 1. The molecule has 0 atom stereocenters. The number of imidazole rings is 1. The van der Waals surface area contributed by atoms with Gasteiger partial charge in [0.2, 0.25) is 0 Å². The molecule has 1 saturated heterocycles. The van der Waals surface area contributed by atoms with Crippen molar-refractivity contribution < 1.29 is 4.79 Å². The Morgan fingerprint density at radius 1 is 1.12 bits per heavy atom. The maximum atomic E-state index is 11.4. The van der Waals surface area contributed by atoms with E-state index in [1.165, 1.54) is 6.20 Å². The second kappa shape index (κ2) is 6.14. The Kier molecular flexibility index (Phi) is 3.81. The third kappa shape index (κ3) is 2.91. The fraction of sp³-hybridized carbons (Fsp3) is 0.294. The molecule has 1 fully saturated rings. The Labute approximate surface area is 144 Å². The number of nitrogens with zero attached hydrogens (tertiary/aromatic N) is 6. The highest BCUT2D eigenvalue weighted by atomic mass is 16.1. The fourth-order valence-corrected chi connectivity index (χ4v) is 2.98. The second-order valence-corrected chi connectivity index (χ2v) is 6.18. The van der Waals surface area contributed by atoms with Crippen LogP contribution in [0.15, 0.2) is 36.8 Å². The minimum atomic E-state index is -0.569. The highest BCUT2D eigenvalue weighted by Gasteiger charge is 2.17. The van der Waals surface area contributed by atoms with Gasteiger partial charge in [0.15, 0.2) is 5.65 Å². The van der Waals surface area contributed by atoms with E-state index in [1.54, 1.807) is 16.8 Å². The average Bonchev–Trinajstić information content (AvgIpc) is 3.05. The molecule has 0 unspecified atom stereocenters. The van der Waals surface area contributed by atoms with Gasteiger partial charge in [-0.25, -0.2) is 15.0 Å². The Morgan fingerprint density at radius 3 is 2.68 bits per heavy atom. The van der Waals surface area contributed by atoms with Crippen LogP contribution in [0.2, 0.25) is 0 Å². The molecular weight excluding hydrogens is 318 g/mol. The summed E-state index contributed by atoms with van der Waals surface area (Å²) in [4.78, 5) is 29.1. The smallest absolute Gasteiger partial charge is 0.268 e. The summed E-state index contributed by atoms with van der Waals surface area (Å²) >= 11 is 0. The number of fused-ring (bicyclic) bond motifs is 1. The molecule has 128 valence electrons. The number of rotatable bonds is 3. The van der Waals surface area contributed by atoms with Gasteiger partial charge in [0.05, 0.1) is 23.8 Å². The van der Waals surface area contributed by atoms with Crippen molar-refractivity contribution >= 4 is 17.4 Å². The van der Waals surface area contributed by atoms with Crippen LogP contribution in [0.25, 0.3) is 17.0 Å². The molecular formula is C17H19N7O. The van der Waals surface area contributed by atoms with Crippen molar-refractivity contribution in [3.63, 3.8) is 0 Å². The third-order valence-corrected chi connectivity index (χ3v) is 4.47. The highest BCUT2D eigenvalue weighted by Crippen LogP contribution is 2.22. The van der Waals surface area contributed by atoms with Crippen LogP contribution in [0, 0.1) is 0 Å². The van der Waals surface area contributed by atoms with Crippen molar-refractivity contribution in [1.82, 2.24) is 24.3 Å². The summed E-state index contributed by atoms with van der Waals surface area (Å²) in [6.45, 7) is 3.95. The van der Waals surface area contributed by atoms with E-state index in [0.717, 1.165) is 43.4 Å². The summed E-state index contributed by atoms with van der Waals surface area (Å²) in [5.74, 6) is 0.380. The Bertz CT molecular complexity index is 928. The lowest BCUT2D eigenvalue weighted by molar-refractivity contribution is 0.0995. The zero-order valence-electron chi connectivity index (χ0n) is 14.0. The molecule has 0 aromatic carbocycles. The molecule has 1 aliphatic heterocycles. The molecule has 8 nitrogen and oxygen atoms in total. The number of piperazine rings is 1. The monoisotopic (exact) mass is 337 g/mol. The third-order valence-electron chi connectivity index (χ3n) is 4.47. The van der Waals surface area contributed by atoms with Gasteiger partial charge >= 0.3 is 0 Å². The number of amides is 1. The number of aromatic nitrogens is 4. The van der Waals surface area contributed by atoms with Crippen molar-refractivity contribution in [3.05, 3.63) is 42.5 Å². The normalized spacial score (nSPS) is 15.6. The topological polar surface area (TPSA) is 92.6 Å². The molecule has 4 rings (SSSR count). The van der Waals surface area contributed by atoms with Crippen molar-refractivity contribution in [2.75, 3.05) is 38.1 Å². The van der Waals surface area contributed by atoms with E-state index in [2.05, 4.69) is 26.8 Å². The average molecular weight is 337 g/mol. The Balaban J connectivity index is 1.72. The number of likely N-dealkylation sites (N-methyl/N-ethyl adjacent to an activating group) is 1. The van der Waals surface area contributed by atoms with Crippen LogP contribution in [0.4, 0.5) is 5.82 Å². The van der Waals surface area contributed by atoms with Gasteiger partial charge in [0.1, 0.15) is 11.5 Å². The van der Waals surface area contributed by atoms with E-state index in [0.29, 0.717) is 5.65 Å². The quantitative estimate of drug-likeness (QED) is 0.754. The van der Waals surface area contributed by atoms with Crippen LogP contribution >= 0.6 is 0 Å². The Morgan fingerprint density at radius 2 is 1.92 bits per heavy atom. The first-order valence-electron chi connectivity index (χ1n) is 8.15. The number of pyridine rings is 1. The first-order chi connectivity index (χ1) is 12.1. The van der Waals surface area contributed by atoms with E-state index < -0.39 is 5.91 Å². The van der Waals surface area contributed by atoms with E-state index >= 15 is 0 Å². The molecule has 1 aliphatic rings. The summed E-state index contributed by atoms with van der Waals surface area (Å²) in [6.07, 6.45) is 4.87. The summed E-state index contributed by atoms with van der Waals surface area (Å²) < 4.78 is 1.79. The number of carbonyl (C=O) groups is 1. The molecule has 25 heavy (non-hydrogen) atoms. The van der Waals surface area contributed by atoms with Gasteiger partial charge < -0.3 is 15.5 Å². The number of anilines is 1. The van der Waals surface area contributed by atoms with Gasteiger partial charge in [-0.3, -0.25) is 9.20 Å². The molecule has 2 N–H and O–H groups in total. The number of nitrogens with two attached hydrogens (primary N) is 1. The van der Waals surface area contributed by atoms with Crippen LogP contribution in [-0.2, 0) is 0 Å². The largest absolute Gasteiger partial charge is 0.364 e. The minimum absolute atomic E-state index is 0.196. The molecule has 0 bridgehead atoms. The molecule has 8 heteroatoms. The zero-order valence-corrected chi connectivity index (χ0v) is 14.0. The number of hydrogen-bond acceptors (Lipinski definition) is 6. The standard InChI is InChI=1S/C17H19N7O/c1-22-5-7-23(8-6-22)15-4-2-3-12(21-15)14-9-20-16-10-19-13(17(18)25)11-24(14)16/h2-4,9-11H,5-8H2,1H3,(H2,18,25). The molecule has 0 aliphatic carbocycles. The lowest BCUT2D eigenvalue weighted by Crippen LogP contribution is -2.44. The number of hydrogen-bond donors (Lipinski definition) is 1. The van der Waals surface area contributed by atoms with Gasteiger partial charge in [0, 0.05) is 32.4 Å². The Hall–Kier alpha value is -3.00. The molecule has 4 heterocycles. The first-order valence-corrected chi connectivity index (χ1v) is 8.15. The van der Waals surface area contributed by atoms with Gasteiger partial charge in [-0.05, 0) is 19.2 Å². The van der Waals surface area contributed by atoms with Crippen LogP contribution in [0.5, 0.6) is 0 Å². The summed E-state index contributed by atoms with van der Waals surface area (Å²) in [7, 11) is 2.13. The molecule has 3 aromatic heterocycles. The minimum Gasteiger partial charge on any atom is -0.364 e. The van der Waals surface area contributed by atoms with Crippen LogP contribution < -0.4 is 10.6 Å². The highest BCUT2D eigenvalue weighted by molar-refractivity contribution is 5.90. The van der Waals surface area contributed by atoms with Crippen LogP contribution in [0.1, 0.15) is 10.5 Å². The lowest BCUT2D eigenvalue weighted by atomic mass is 10.2. The van der Waals surface area contributed by atoms with Gasteiger partial charge in [-0.2, -0.15) is 0 Å². The van der Waals surface area contributed by atoms with E-state index in [9.17, 15) is 4.79 Å². The van der Waals surface area contributed by atoms with Crippen LogP contribution in [-0.4, -0.2) is 63.4 Å². The first kappa shape index (κ1) is 15.5. The van der Waals surface area contributed by atoms with Crippen molar-refractivity contribution in [1.29, 1.82) is 0 Å². The summed E-state index contributed by atoms with van der Waals surface area (Å²) in [6, 6.07) is 5.95. The van der Waals surface area contributed by atoms with E-state index in [4.69, 9.17) is 10.7 Å². The van der Waals surface area contributed by atoms with Crippen molar-refractivity contribution in [2.24, 2.45) is 5.73 Å². The second-order valence-electron chi connectivity index (χ2n) is 6.18. The molecule has 0 spiro atoms. The molecule has 3 aromatic rings. The maximum Gasteiger partial charge on any atom is 0.268 e. The number of carbonyl (C=O) groups excluding carboxylic acids is 1. The molecule has 0 saturated carbocycles. The lowest BCUT2D eigenvalue weighted by Gasteiger charge is -2.33. The summed E-state index contributed by atoms with van der Waals surface area (Å²) in [5, 5.41) is 0. The predicted octanol–water partition coefficient (Wildman–Crippen LogP) is 0.642. The van der Waals surface area contributed by atoms with Crippen LogP contribution in [0.3, 0.4) is 0 Å². The SMILES string of the molecule is CN1CCN(c2cccc(-c3cnc4cnc(C(N)=O)cn34)n2)CC1.